The minimum atomic E-state index is -4.03. The number of carbonyl (C=O) groups is 2. The summed E-state index contributed by atoms with van der Waals surface area (Å²) in [7, 11) is -4.03. The van der Waals surface area contributed by atoms with Crippen molar-refractivity contribution in [3.8, 4) is 0 Å². The number of sulfonamides is 1. The fraction of sp³-hybridized carbons (Fsp3) is 0.333. The van der Waals surface area contributed by atoms with Crippen LogP contribution < -0.4 is 4.72 Å². The molecule has 1 heterocycles. The highest BCUT2D eigenvalue weighted by Crippen LogP contribution is 2.36. The lowest BCUT2D eigenvalue weighted by atomic mass is 9.78. The molecular formula is C21H23BrN2O4S. The highest BCUT2D eigenvalue weighted by Gasteiger charge is 2.53. The molecule has 2 aromatic carbocycles. The highest BCUT2D eigenvalue weighted by atomic mass is 79.9. The van der Waals surface area contributed by atoms with Crippen molar-refractivity contribution in [3.63, 3.8) is 0 Å². The lowest BCUT2D eigenvalue weighted by Gasteiger charge is -2.51. The van der Waals surface area contributed by atoms with Gasteiger partial charge in [0, 0.05) is 11.0 Å². The Balaban J connectivity index is 1.80. The van der Waals surface area contributed by atoms with E-state index < -0.39 is 26.9 Å². The normalized spacial score (nSPS) is 19.4. The van der Waals surface area contributed by atoms with Crippen LogP contribution in [0.3, 0.4) is 0 Å². The molecule has 154 valence electrons. The average molecular weight is 479 g/mol. The molecule has 0 saturated carbocycles. The van der Waals surface area contributed by atoms with E-state index in [4.69, 9.17) is 0 Å². The third-order valence-corrected chi connectivity index (χ3v) is 7.41. The maximum Gasteiger partial charge on any atom is 0.264 e. The van der Waals surface area contributed by atoms with E-state index >= 15 is 0 Å². The second kappa shape index (κ2) is 7.57. The molecule has 0 aliphatic carbocycles. The van der Waals surface area contributed by atoms with E-state index in [1.165, 1.54) is 17.0 Å². The van der Waals surface area contributed by atoms with Gasteiger partial charge >= 0.3 is 0 Å². The van der Waals surface area contributed by atoms with Crippen LogP contribution in [-0.4, -0.2) is 37.2 Å². The van der Waals surface area contributed by atoms with Gasteiger partial charge in [0.05, 0.1) is 10.3 Å². The number of carbonyl (C=O) groups excluding carboxylic acids is 2. The van der Waals surface area contributed by atoms with Crippen LogP contribution in [0.4, 0.5) is 0 Å². The summed E-state index contributed by atoms with van der Waals surface area (Å²) in [5.74, 6) is -0.919. The van der Waals surface area contributed by atoms with Gasteiger partial charge in [-0.05, 0) is 57.0 Å². The number of rotatable bonds is 5. The molecule has 1 saturated heterocycles. The maximum atomic E-state index is 13.2. The standard InChI is InChI=1S/C21H23BrN2O4S/c1-20(2,15-7-5-4-6-8-15)19(26)24-14-13-21(24,3)18(25)23-29(27,28)17-11-9-16(22)10-12-17/h4-12H,13-14H2,1-3H3,(H,23,25). The Morgan fingerprint density at radius 2 is 1.66 bits per heavy atom. The SMILES string of the molecule is CC(C)(C(=O)N1CCC1(C)C(=O)NS(=O)(=O)c1ccc(Br)cc1)c1ccccc1. The summed E-state index contributed by atoms with van der Waals surface area (Å²) in [4.78, 5) is 27.6. The molecular weight excluding hydrogens is 456 g/mol. The Morgan fingerprint density at radius 3 is 2.17 bits per heavy atom. The van der Waals surface area contributed by atoms with Crippen molar-refractivity contribution >= 4 is 37.8 Å². The topological polar surface area (TPSA) is 83.6 Å². The molecule has 6 nitrogen and oxygen atoms in total. The first-order valence-electron chi connectivity index (χ1n) is 9.19. The summed E-state index contributed by atoms with van der Waals surface area (Å²) in [5.41, 5.74) is -1.22. The van der Waals surface area contributed by atoms with Gasteiger partial charge in [-0.15, -0.1) is 0 Å². The molecule has 1 N–H and O–H groups in total. The van der Waals surface area contributed by atoms with Crippen molar-refractivity contribution < 1.29 is 18.0 Å². The van der Waals surface area contributed by atoms with E-state index in [0.29, 0.717) is 13.0 Å². The molecule has 2 aromatic rings. The highest BCUT2D eigenvalue weighted by molar-refractivity contribution is 9.10. The zero-order valence-corrected chi connectivity index (χ0v) is 18.9. The van der Waals surface area contributed by atoms with E-state index in [0.717, 1.165) is 10.0 Å². The van der Waals surface area contributed by atoms with Crippen LogP contribution in [0.2, 0.25) is 0 Å². The van der Waals surface area contributed by atoms with Crippen molar-refractivity contribution in [2.24, 2.45) is 0 Å². The third-order valence-electron chi connectivity index (χ3n) is 5.53. The predicted octanol–water partition coefficient (Wildman–Crippen LogP) is 3.22. The Morgan fingerprint density at radius 1 is 1.07 bits per heavy atom. The number of amides is 2. The summed E-state index contributed by atoms with van der Waals surface area (Å²) in [6.45, 7) is 5.61. The largest absolute Gasteiger partial charge is 0.327 e. The van der Waals surface area contributed by atoms with Crippen LogP contribution in [-0.2, 0) is 25.0 Å². The van der Waals surface area contributed by atoms with E-state index in [-0.39, 0.29) is 10.8 Å². The molecule has 1 atom stereocenters. The first-order valence-corrected chi connectivity index (χ1v) is 11.5. The maximum absolute atomic E-state index is 13.2. The quantitative estimate of drug-likeness (QED) is 0.714. The van der Waals surface area contributed by atoms with Crippen LogP contribution in [0.1, 0.15) is 32.8 Å². The van der Waals surface area contributed by atoms with Gasteiger partial charge in [-0.2, -0.15) is 0 Å². The van der Waals surface area contributed by atoms with Crippen molar-refractivity contribution in [1.82, 2.24) is 9.62 Å². The lowest BCUT2D eigenvalue weighted by molar-refractivity contribution is -0.160. The molecule has 1 unspecified atom stereocenters. The number of benzene rings is 2. The lowest BCUT2D eigenvalue weighted by Crippen LogP contribution is -2.69. The van der Waals surface area contributed by atoms with E-state index in [9.17, 15) is 18.0 Å². The minimum Gasteiger partial charge on any atom is -0.327 e. The minimum absolute atomic E-state index is 0.0144. The van der Waals surface area contributed by atoms with E-state index in [1.54, 1.807) is 32.9 Å². The second-order valence-corrected chi connectivity index (χ2v) is 10.5. The number of nitrogens with zero attached hydrogens (tertiary/aromatic N) is 1. The smallest absolute Gasteiger partial charge is 0.264 e. The van der Waals surface area contributed by atoms with Gasteiger partial charge in [-0.25, -0.2) is 13.1 Å². The molecule has 0 aromatic heterocycles. The van der Waals surface area contributed by atoms with E-state index in [1.807, 2.05) is 30.3 Å². The molecule has 1 aliphatic rings. The molecule has 0 radical (unpaired) electrons. The van der Waals surface area contributed by atoms with E-state index in [2.05, 4.69) is 20.7 Å². The van der Waals surface area contributed by atoms with Gasteiger partial charge < -0.3 is 4.90 Å². The van der Waals surface area contributed by atoms with Crippen LogP contribution in [0.5, 0.6) is 0 Å². The zero-order valence-electron chi connectivity index (χ0n) is 16.5. The average Bonchev–Trinajstić information content (AvgIpc) is 2.67. The Kier molecular flexibility index (Phi) is 5.62. The zero-order chi connectivity index (χ0) is 21.4. The number of halogens is 1. The molecule has 1 fully saturated rings. The fourth-order valence-electron chi connectivity index (χ4n) is 3.34. The molecule has 8 heteroatoms. The first kappa shape index (κ1) is 21.5. The van der Waals surface area contributed by atoms with Crippen LogP contribution in [0.15, 0.2) is 64.0 Å². The molecule has 2 amide bonds. The van der Waals surface area contributed by atoms with Crippen molar-refractivity contribution in [3.05, 3.63) is 64.6 Å². The van der Waals surface area contributed by atoms with Gasteiger partial charge in [0.25, 0.3) is 15.9 Å². The third kappa shape index (κ3) is 3.96. The summed E-state index contributed by atoms with van der Waals surface area (Å²) in [5, 5.41) is 0. The summed E-state index contributed by atoms with van der Waals surface area (Å²) in [6, 6.07) is 15.3. The predicted molar refractivity (Wildman–Crippen MR) is 114 cm³/mol. The molecule has 29 heavy (non-hydrogen) atoms. The summed E-state index contributed by atoms with van der Waals surface area (Å²) < 4.78 is 28.0. The van der Waals surface area contributed by atoms with Crippen molar-refractivity contribution in [2.75, 3.05) is 6.54 Å². The van der Waals surface area contributed by atoms with Gasteiger partial charge in [0.1, 0.15) is 5.54 Å². The first-order chi connectivity index (χ1) is 13.5. The summed E-state index contributed by atoms with van der Waals surface area (Å²) in [6.07, 6.45) is 0.394. The Bertz CT molecular complexity index is 1040. The number of hydrogen-bond donors (Lipinski definition) is 1. The van der Waals surface area contributed by atoms with Crippen molar-refractivity contribution in [2.45, 2.75) is 43.0 Å². The van der Waals surface area contributed by atoms with Gasteiger partial charge in [0.2, 0.25) is 5.91 Å². The van der Waals surface area contributed by atoms with Gasteiger partial charge in [-0.3, -0.25) is 9.59 Å². The Labute approximate surface area is 179 Å². The molecule has 1 aliphatic heterocycles. The molecule has 3 rings (SSSR count). The summed E-state index contributed by atoms with van der Waals surface area (Å²) >= 11 is 3.25. The number of likely N-dealkylation sites (tertiary alicyclic amines) is 1. The monoisotopic (exact) mass is 478 g/mol. The molecule has 0 spiro atoms. The van der Waals surface area contributed by atoms with Crippen LogP contribution in [0.25, 0.3) is 0 Å². The van der Waals surface area contributed by atoms with Crippen LogP contribution >= 0.6 is 15.9 Å². The fourth-order valence-corrected chi connectivity index (χ4v) is 4.68. The molecule has 0 bridgehead atoms. The number of nitrogens with one attached hydrogen (secondary N) is 1. The Hall–Kier alpha value is -2.19. The second-order valence-electron chi connectivity index (χ2n) is 7.86. The van der Waals surface area contributed by atoms with Crippen LogP contribution in [0, 0.1) is 0 Å². The van der Waals surface area contributed by atoms with Crippen molar-refractivity contribution in [1.29, 1.82) is 0 Å². The van der Waals surface area contributed by atoms with Gasteiger partial charge in [0.15, 0.2) is 0 Å². The number of hydrogen-bond acceptors (Lipinski definition) is 4. The van der Waals surface area contributed by atoms with Gasteiger partial charge in [-0.1, -0.05) is 46.3 Å².